The minimum Gasteiger partial charge on any atom is -0.497 e. The molecule has 2 aromatic rings. The summed E-state index contributed by atoms with van der Waals surface area (Å²) in [6.45, 7) is 4.63. The summed E-state index contributed by atoms with van der Waals surface area (Å²) in [6.07, 6.45) is 5.65. The molecular weight excluding hydrogens is 360 g/mol. The number of aliphatic hydroxyl groups excluding tert-OH is 1. The summed E-state index contributed by atoms with van der Waals surface area (Å²) >= 11 is 0. The van der Waals surface area contributed by atoms with E-state index in [2.05, 4.69) is 58.3 Å². The third-order valence-electron chi connectivity index (χ3n) is 6.85. The van der Waals surface area contributed by atoms with Crippen molar-refractivity contribution in [1.82, 2.24) is 4.90 Å². The molecular formula is C25H34N2O2. The third-order valence-corrected chi connectivity index (χ3v) is 6.85. The first-order chi connectivity index (χ1) is 14.2. The number of likely N-dealkylation sites (tertiary alicyclic amines) is 1. The molecule has 2 aliphatic heterocycles. The molecule has 0 bridgehead atoms. The fourth-order valence-electron chi connectivity index (χ4n) is 5.21. The second-order valence-electron chi connectivity index (χ2n) is 8.81. The first-order valence-corrected chi connectivity index (χ1v) is 11.0. The van der Waals surface area contributed by atoms with Crippen molar-refractivity contribution in [3.8, 4) is 5.75 Å². The smallest absolute Gasteiger partial charge is 0.120 e. The van der Waals surface area contributed by atoms with Crippen LogP contribution in [0.4, 0.5) is 5.69 Å². The van der Waals surface area contributed by atoms with Crippen molar-refractivity contribution in [1.29, 1.82) is 0 Å². The summed E-state index contributed by atoms with van der Waals surface area (Å²) in [5.41, 5.74) is 2.61. The summed E-state index contributed by atoms with van der Waals surface area (Å²) < 4.78 is 5.39. The average molecular weight is 395 g/mol. The Morgan fingerprint density at radius 2 is 1.83 bits per heavy atom. The van der Waals surface area contributed by atoms with Gasteiger partial charge in [-0.2, -0.15) is 0 Å². The Bertz CT molecular complexity index is 773. The highest BCUT2D eigenvalue weighted by atomic mass is 16.5. The van der Waals surface area contributed by atoms with Crippen LogP contribution in [0.15, 0.2) is 54.6 Å². The molecule has 2 heterocycles. The van der Waals surface area contributed by atoms with Gasteiger partial charge in [0.25, 0.3) is 0 Å². The van der Waals surface area contributed by atoms with Crippen LogP contribution in [-0.2, 0) is 6.42 Å². The third kappa shape index (κ3) is 4.76. The molecule has 29 heavy (non-hydrogen) atoms. The molecule has 0 spiro atoms. The molecule has 1 atom stereocenters. The number of benzene rings is 2. The van der Waals surface area contributed by atoms with Gasteiger partial charge in [-0.25, -0.2) is 0 Å². The molecule has 2 saturated heterocycles. The van der Waals surface area contributed by atoms with Crippen molar-refractivity contribution in [2.24, 2.45) is 5.41 Å². The summed E-state index contributed by atoms with van der Waals surface area (Å²) in [5.74, 6) is 0.925. The summed E-state index contributed by atoms with van der Waals surface area (Å²) in [7, 11) is 1.73. The van der Waals surface area contributed by atoms with E-state index in [9.17, 15) is 5.11 Å². The van der Waals surface area contributed by atoms with Crippen molar-refractivity contribution >= 4 is 5.69 Å². The van der Waals surface area contributed by atoms with E-state index in [-0.39, 0.29) is 12.0 Å². The minimum absolute atomic E-state index is 0.00351. The van der Waals surface area contributed by atoms with Gasteiger partial charge in [-0.05, 0) is 56.3 Å². The lowest BCUT2D eigenvalue weighted by Gasteiger charge is -2.47. The first-order valence-electron chi connectivity index (χ1n) is 11.0. The molecule has 0 saturated carbocycles. The van der Waals surface area contributed by atoms with Gasteiger partial charge in [0.2, 0.25) is 0 Å². The van der Waals surface area contributed by atoms with E-state index in [0.29, 0.717) is 6.04 Å². The SMILES string of the molecule is COc1cccc(N2CCC(N3CCC[C@@](CO)(Cc4ccccc4)C3)CC2)c1. The van der Waals surface area contributed by atoms with Crippen molar-refractivity contribution in [3.63, 3.8) is 0 Å². The predicted octanol–water partition coefficient (Wildman–Crippen LogP) is 3.98. The zero-order valence-electron chi connectivity index (χ0n) is 17.6. The monoisotopic (exact) mass is 394 g/mol. The van der Waals surface area contributed by atoms with Crippen molar-refractivity contribution in [2.45, 2.75) is 38.1 Å². The molecule has 156 valence electrons. The zero-order chi connectivity index (χ0) is 20.1. The highest BCUT2D eigenvalue weighted by molar-refractivity contribution is 5.51. The van der Waals surface area contributed by atoms with Crippen LogP contribution < -0.4 is 9.64 Å². The molecule has 1 N–H and O–H groups in total. The van der Waals surface area contributed by atoms with E-state index in [1.165, 1.54) is 37.1 Å². The van der Waals surface area contributed by atoms with E-state index >= 15 is 0 Å². The molecule has 2 aliphatic rings. The lowest BCUT2D eigenvalue weighted by atomic mass is 9.75. The second kappa shape index (κ2) is 9.19. The maximum atomic E-state index is 10.3. The predicted molar refractivity (Wildman–Crippen MR) is 119 cm³/mol. The maximum Gasteiger partial charge on any atom is 0.120 e. The van der Waals surface area contributed by atoms with Crippen LogP contribution in [0.5, 0.6) is 5.75 Å². The van der Waals surface area contributed by atoms with Crippen molar-refractivity contribution < 1.29 is 9.84 Å². The maximum absolute atomic E-state index is 10.3. The fraction of sp³-hybridized carbons (Fsp3) is 0.520. The molecule has 0 aromatic heterocycles. The quantitative estimate of drug-likeness (QED) is 0.804. The number of anilines is 1. The average Bonchev–Trinajstić information content (AvgIpc) is 2.80. The van der Waals surface area contributed by atoms with Crippen LogP contribution in [-0.4, -0.2) is 55.9 Å². The number of rotatable bonds is 6. The molecule has 4 rings (SSSR count). The Morgan fingerprint density at radius 3 is 2.55 bits per heavy atom. The van der Waals surface area contributed by atoms with Gasteiger partial charge in [-0.3, -0.25) is 4.90 Å². The van der Waals surface area contributed by atoms with Gasteiger partial charge in [-0.1, -0.05) is 36.4 Å². The van der Waals surface area contributed by atoms with Crippen molar-refractivity contribution in [2.75, 3.05) is 44.8 Å². The topological polar surface area (TPSA) is 35.9 Å². The fourth-order valence-corrected chi connectivity index (χ4v) is 5.21. The van der Waals surface area contributed by atoms with Gasteiger partial charge >= 0.3 is 0 Å². The van der Waals surface area contributed by atoms with Crippen LogP contribution in [0.25, 0.3) is 0 Å². The second-order valence-corrected chi connectivity index (χ2v) is 8.81. The standard InChI is InChI=1S/C25H34N2O2/c1-29-24-10-5-9-23(17-24)26-15-11-22(12-16-26)27-14-6-13-25(19-27,20-28)18-21-7-3-2-4-8-21/h2-5,7-10,17,22,28H,6,11-16,18-20H2,1H3/t25-/m1/s1. The van der Waals surface area contributed by atoms with E-state index in [0.717, 1.165) is 38.2 Å². The lowest BCUT2D eigenvalue weighted by Crippen LogP contribution is -2.53. The first kappa shape index (κ1) is 20.2. The molecule has 4 heteroatoms. The minimum atomic E-state index is 0.00351. The Labute approximate surface area is 175 Å². The summed E-state index contributed by atoms with van der Waals surface area (Å²) in [4.78, 5) is 5.15. The normalized spacial score (nSPS) is 23.9. The Hall–Kier alpha value is -2.04. The Morgan fingerprint density at radius 1 is 1.03 bits per heavy atom. The highest BCUT2D eigenvalue weighted by Crippen LogP contribution is 2.36. The van der Waals surface area contributed by atoms with E-state index in [1.54, 1.807) is 7.11 Å². The number of hydrogen-bond acceptors (Lipinski definition) is 4. The van der Waals surface area contributed by atoms with Crippen LogP contribution in [0.3, 0.4) is 0 Å². The van der Waals surface area contributed by atoms with E-state index < -0.39 is 0 Å². The van der Waals surface area contributed by atoms with E-state index in [4.69, 9.17) is 4.74 Å². The van der Waals surface area contributed by atoms with Crippen LogP contribution in [0, 0.1) is 5.41 Å². The number of nitrogens with zero attached hydrogens (tertiary/aromatic N) is 2. The molecule has 2 aromatic carbocycles. The molecule has 4 nitrogen and oxygen atoms in total. The number of ether oxygens (including phenoxy) is 1. The zero-order valence-corrected chi connectivity index (χ0v) is 17.6. The Balaban J connectivity index is 1.37. The van der Waals surface area contributed by atoms with Gasteiger partial charge in [0.05, 0.1) is 13.7 Å². The largest absolute Gasteiger partial charge is 0.497 e. The number of aliphatic hydroxyl groups is 1. The molecule has 2 fully saturated rings. The van der Waals surface area contributed by atoms with Crippen molar-refractivity contribution in [3.05, 3.63) is 60.2 Å². The van der Waals surface area contributed by atoms with Crippen LogP contribution in [0.2, 0.25) is 0 Å². The van der Waals surface area contributed by atoms with Crippen LogP contribution in [0.1, 0.15) is 31.2 Å². The summed E-state index contributed by atoms with van der Waals surface area (Å²) in [5, 5.41) is 10.3. The number of hydrogen-bond donors (Lipinski definition) is 1. The van der Waals surface area contributed by atoms with Gasteiger partial charge in [0.1, 0.15) is 5.75 Å². The van der Waals surface area contributed by atoms with Gasteiger partial charge in [-0.15, -0.1) is 0 Å². The number of methoxy groups -OCH3 is 1. The van der Waals surface area contributed by atoms with Gasteiger partial charge in [0, 0.05) is 42.8 Å². The molecule has 0 radical (unpaired) electrons. The summed E-state index contributed by atoms with van der Waals surface area (Å²) in [6, 6.07) is 19.7. The van der Waals surface area contributed by atoms with E-state index in [1.807, 2.05) is 6.07 Å². The molecule has 0 aliphatic carbocycles. The number of piperidine rings is 2. The Kier molecular flexibility index (Phi) is 6.41. The molecule has 0 unspecified atom stereocenters. The van der Waals surface area contributed by atoms with Gasteiger partial charge in [0.15, 0.2) is 0 Å². The van der Waals surface area contributed by atoms with Crippen LogP contribution >= 0.6 is 0 Å². The highest BCUT2D eigenvalue weighted by Gasteiger charge is 2.38. The lowest BCUT2D eigenvalue weighted by molar-refractivity contribution is 0.00729. The van der Waals surface area contributed by atoms with Gasteiger partial charge < -0.3 is 14.7 Å². The molecule has 0 amide bonds.